The van der Waals surface area contributed by atoms with E-state index in [0.29, 0.717) is 16.8 Å². The summed E-state index contributed by atoms with van der Waals surface area (Å²) in [5, 5.41) is 14.4. The van der Waals surface area contributed by atoms with Crippen molar-refractivity contribution in [1.82, 2.24) is 20.2 Å². The van der Waals surface area contributed by atoms with Crippen molar-refractivity contribution in [3.8, 4) is 0 Å². The van der Waals surface area contributed by atoms with Crippen LogP contribution >= 0.6 is 11.8 Å². The van der Waals surface area contributed by atoms with Crippen molar-refractivity contribution in [2.45, 2.75) is 37.4 Å². The van der Waals surface area contributed by atoms with Gasteiger partial charge in [-0.1, -0.05) is 42.5 Å². The molecule has 0 spiro atoms. The lowest BCUT2D eigenvalue weighted by atomic mass is 10.0. The Bertz CT molecular complexity index is 1470. The van der Waals surface area contributed by atoms with E-state index in [1.165, 1.54) is 17.8 Å². The molecule has 2 aromatic carbocycles. The lowest BCUT2D eigenvalue weighted by Gasteiger charge is -2.24. The molecule has 0 bridgehead atoms. The molecule has 3 atom stereocenters. The Labute approximate surface area is 227 Å². The van der Waals surface area contributed by atoms with Crippen molar-refractivity contribution >= 4 is 46.4 Å². The Morgan fingerprint density at radius 1 is 0.974 bits per heavy atom. The Balaban J connectivity index is 1.99. The average Bonchev–Trinajstić information content (AvgIpc) is 2.90. The molecule has 3 unspecified atom stereocenters. The molecule has 12 nitrogen and oxygen atoms in total. The first-order chi connectivity index (χ1) is 18.6. The smallest absolute Gasteiger partial charge is 0.329 e. The molecule has 0 saturated heterocycles. The number of hydrogen-bond donors (Lipinski definition) is 5. The SMILES string of the molecule is CSCCC(NC(=O)C(Cc1ccccc1)n1c(=O)[nH]c2ccccc2c1=O)C(=O)NC(CC(N)=O)C(=O)O. The number of thioether (sulfide) groups is 1. The number of carboxylic acid groups (broad SMARTS) is 1. The van der Waals surface area contributed by atoms with E-state index in [-0.39, 0.29) is 18.2 Å². The summed E-state index contributed by atoms with van der Waals surface area (Å²) in [5.74, 6) is -3.60. The van der Waals surface area contributed by atoms with Crippen LogP contribution in [0.4, 0.5) is 0 Å². The van der Waals surface area contributed by atoms with E-state index in [1.807, 2.05) is 0 Å². The number of nitrogens with one attached hydrogen (secondary N) is 3. The molecule has 3 aromatic rings. The number of carboxylic acids is 1. The Kier molecular flexibility index (Phi) is 10.0. The van der Waals surface area contributed by atoms with Gasteiger partial charge in [-0.05, 0) is 36.1 Å². The quantitative estimate of drug-likeness (QED) is 0.197. The van der Waals surface area contributed by atoms with Crippen molar-refractivity contribution in [2.24, 2.45) is 5.73 Å². The van der Waals surface area contributed by atoms with Crippen LogP contribution in [-0.4, -0.2) is 62.4 Å². The fourth-order valence-corrected chi connectivity index (χ4v) is 4.52. The number of carbonyl (C=O) groups is 4. The van der Waals surface area contributed by atoms with E-state index in [1.54, 1.807) is 54.8 Å². The first kappa shape index (κ1) is 29.2. The number of nitrogens with two attached hydrogens (primary N) is 1. The van der Waals surface area contributed by atoms with Gasteiger partial charge in [0.2, 0.25) is 17.7 Å². The van der Waals surface area contributed by atoms with Gasteiger partial charge in [0.1, 0.15) is 18.1 Å². The lowest BCUT2D eigenvalue weighted by Crippen LogP contribution is -2.55. The fourth-order valence-electron chi connectivity index (χ4n) is 4.04. The number of amides is 3. The summed E-state index contributed by atoms with van der Waals surface area (Å²) in [6.07, 6.45) is 1.23. The number of benzene rings is 2. The second-order valence-corrected chi connectivity index (χ2v) is 9.75. The summed E-state index contributed by atoms with van der Waals surface area (Å²) in [6.45, 7) is 0. The maximum Gasteiger partial charge on any atom is 0.329 e. The third kappa shape index (κ3) is 7.57. The van der Waals surface area contributed by atoms with Gasteiger partial charge < -0.3 is 26.5 Å². The number of rotatable bonds is 13. The van der Waals surface area contributed by atoms with Crippen molar-refractivity contribution in [3.05, 3.63) is 81.0 Å². The molecule has 0 aliphatic carbocycles. The van der Waals surface area contributed by atoms with Gasteiger partial charge in [0.15, 0.2) is 0 Å². The average molecular weight is 556 g/mol. The lowest BCUT2D eigenvalue weighted by molar-refractivity contribution is -0.143. The summed E-state index contributed by atoms with van der Waals surface area (Å²) in [6, 6.07) is 11.0. The summed E-state index contributed by atoms with van der Waals surface area (Å²) in [7, 11) is 0. The molecule has 3 rings (SSSR count). The largest absolute Gasteiger partial charge is 0.480 e. The third-order valence-corrected chi connectivity index (χ3v) is 6.63. The molecule has 1 heterocycles. The molecule has 0 aliphatic heterocycles. The number of aromatic amines is 1. The van der Waals surface area contributed by atoms with Crippen molar-refractivity contribution in [1.29, 1.82) is 0 Å². The predicted molar refractivity (Wildman–Crippen MR) is 146 cm³/mol. The van der Waals surface area contributed by atoms with Crippen LogP contribution in [0.2, 0.25) is 0 Å². The van der Waals surface area contributed by atoms with Crippen LogP contribution in [0.1, 0.15) is 24.4 Å². The van der Waals surface area contributed by atoms with Gasteiger partial charge in [0, 0.05) is 6.42 Å². The molecule has 0 aliphatic rings. The minimum absolute atomic E-state index is 0.0374. The molecule has 6 N–H and O–H groups in total. The number of carbonyl (C=O) groups excluding carboxylic acids is 3. The van der Waals surface area contributed by atoms with Crippen molar-refractivity contribution in [3.63, 3.8) is 0 Å². The number of hydrogen-bond acceptors (Lipinski definition) is 7. The molecular weight excluding hydrogens is 526 g/mol. The summed E-state index contributed by atoms with van der Waals surface area (Å²) in [4.78, 5) is 78.5. The van der Waals surface area contributed by atoms with Crippen LogP contribution in [0, 0.1) is 0 Å². The van der Waals surface area contributed by atoms with E-state index in [4.69, 9.17) is 5.73 Å². The number of para-hydroxylation sites is 1. The monoisotopic (exact) mass is 555 g/mol. The Morgan fingerprint density at radius 3 is 2.26 bits per heavy atom. The number of primary amides is 1. The second-order valence-electron chi connectivity index (χ2n) is 8.77. The van der Waals surface area contributed by atoms with Gasteiger partial charge in [0.05, 0.1) is 17.3 Å². The molecule has 206 valence electrons. The van der Waals surface area contributed by atoms with Gasteiger partial charge in [0.25, 0.3) is 5.56 Å². The number of aliphatic carboxylic acids is 1. The van der Waals surface area contributed by atoms with Crippen LogP contribution in [0.25, 0.3) is 10.9 Å². The third-order valence-electron chi connectivity index (χ3n) is 5.99. The van der Waals surface area contributed by atoms with E-state index in [9.17, 15) is 33.9 Å². The summed E-state index contributed by atoms with van der Waals surface area (Å²) in [5.41, 5.74) is 4.60. The van der Waals surface area contributed by atoms with E-state index in [0.717, 1.165) is 4.57 Å². The van der Waals surface area contributed by atoms with E-state index < -0.39 is 59.5 Å². The molecule has 39 heavy (non-hydrogen) atoms. The summed E-state index contributed by atoms with van der Waals surface area (Å²) >= 11 is 1.39. The Hall–Kier alpha value is -4.39. The predicted octanol–water partition coefficient (Wildman–Crippen LogP) is 0.156. The zero-order valence-corrected chi connectivity index (χ0v) is 21.9. The Morgan fingerprint density at radius 2 is 1.62 bits per heavy atom. The van der Waals surface area contributed by atoms with E-state index >= 15 is 0 Å². The molecule has 3 amide bonds. The summed E-state index contributed by atoms with van der Waals surface area (Å²) < 4.78 is 0.821. The van der Waals surface area contributed by atoms with Gasteiger partial charge >= 0.3 is 11.7 Å². The van der Waals surface area contributed by atoms with Gasteiger partial charge in [-0.2, -0.15) is 11.8 Å². The van der Waals surface area contributed by atoms with Crippen LogP contribution in [0.5, 0.6) is 0 Å². The number of aromatic nitrogens is 2. The van der Waals surface area contributed by atoms with Crippen LogP contribution in [0.15, 0.2) is 64.2 Å². The molecule has 13 heteroatoms. The first-order valence-electron chi connectivity index (χ1n) is 12.0. The van der Waals surface area contributed by atoms with E-state index in [2.05, 4.69) is 15.6 Å². The van der Waals surface area contributed by atoms with Gasteiger partial charge in [-0.15, -0.1) is 0 Å². The van der Waals surface area contributed by atoms with Crippen LogP contribution in [-0.2, 0) is 25.6 Å². The van der Waals surface area contributed by atoms with Crippen LogP contribution in [0.3, 0.4) is 0 Å². The second kappa shape index (κ2) is 13.4. The topological polar surface area (TPSA) is 193 Å². The zero-order chi connectivity index (χ0) is 28.5. The highest BCUT2D eigenvalue weighted by Gasteiger charge is 2.31. The number of fused-ring (bicyclic) bond motifs is 1. The maximum absolute atomic E-state index is 13.7. The molecule has 0 radical (unpaired) electrons. The number of H-pyrrole nitrogens is 1. The molecule has 0 fully saturated rings. The highest BCUT2D eigenvalue weighted by molar-refractivity contribution is 7.98. The minimum atomic E-state index is -1.59. The van der Waals surface area contributed by atoms with Crippen molar-refractivity contribution < 1.29 is 24.3 Å². The first-order valence-corrected chi connectivity index (χ1v) is 13.4. The number of nitrogens with zero attached hydrogens (tertiary/aromatic N) is 1. The van der Waals surface area contributed by atoms with Crippen molar-refractivity contribution in [2.75, 3.05) is 12.0 Å². The zero-order valence-electron chi connectivity index (χ0n) is 21.1. The minimum Gasteiger partial charge on any atom is -0.480 e. The molecular formula is C26H29N5O7S. The fraction of sp³-hybridized carbons (Fsp3) is 0.308. The molecule has 0 saturated carbocycles. The highest BCUT2D eigenvalue weighted by atomic mass is 32.2. The van der Waals surface area contributed by atoms with Gasteiger partial charge in [-0.3, -0.25) is 19.2 Å². The highest BCUT2D eigenvalue weighted by Crippen LogP contribution is 2.15. The molecule has 1 aromatic heterocycles. The maximum atomic E-state index is 13.7. The van der Waals surface area contributed by atoms with Crippen LogP contribution < -0.4 is 27.6 Å². The standard InChI is InChI=1S/C26H29N5O7S/c1-39-12-11-18(22(33)29-19(25(36)37)14-21(27)32)28-23(34)20(13-15-7-3-2-4-8-15)31-24(35)16-9-5-6-10-17(16)30-26(31)38/h2-10,18-20H,11-14H2,1H3,(H2,27,32)(H,28,34)(H,29,33)(H,30,38)(H,36,37). The normalized spacial score (nSPS) is 13.3. The van der Waals surface area contributed by atoms with Gasteiger partial charge in [-0.25, -0.2) is 14.2 Å².